The third-order valence-corrected chi connectivity index (χ3v) is 3.06. The van der Waals surface area contributed by atoms with Gasteiger partial charge in [-0.15, -0.1) is 12.4 Å². The van der Waals surface area contributed by atoms with Gasteiger partial charge in [0.15, 0.2) is 0 Å². The van der Waals surface area contributed by atoms with Crippen molar-refractivity contribution in [1.29, 1.82) is 0 Å². The van der Waals surface area contributed by atoms with Crippen molar-refractivity contribution in [3.63, 3.8) is 0 Å². The van der Waals surface area contributed by atoms with E-state index >= 15 is 0 Å². The van der Waals surface area contributed by atoms with Gasteiger partial charge in [0.05, 0.1) is 6.61 Å². The zero-order valence-electron chi connectivity index (χ0n) is 10.9. The van der Waals surface area contributed by atoms with Crippen molar-refractivity contribution in [3.05, 3.63) is 29.1 Å². The molecule has 1 aromatic rings. The van der Waals surface area contributed by atoms with Crippen molar-refractivity contribution in [2.75, 3.05) is 6.61 Å². The van der Waals surface area contributed by atoms with Gasteiger partial charge in [0.25, 0.3) is 0 Å². The average molecular weight is 274 g/mol. The van der Waals surface area contributed by atoms with Crippen molar-refractivity contribution in [2.45, 2.75) is 39.2 Å². The Morgan fingerprint density at radius 3 is 2.67 bits per heavy atom. The van der Waals surface area contributed by atoms with Crippen LogP contribution in [0.1, 0.15) is 30.9 Å². The highest BCUT2D eigenvalue weighted by molar-refractivity contribution is 5.85. The molecule has 0 amide bonds. The molecule has 0 saturated heterocycles. The van der Waals surface area contributed by atoms with Crippen LogP contribution in [0.15, 0.2) is 12.1 Å². The zero-order valence-corrected chi connectivity index (χ0v) is 11.7. The molecule has 0 spiro atoms. The summed E-state index contributed by atoms with van der Waals surface area (Å²) in [5.41, 5.74) is 7.28. The van der Waals surface area contributed by atoms with Gasteiger partial charge in [-0.2, -0.15) is 0 Å². The summed E-state index contributed by atoms with van der Waals surface area (Å²) in [6, 6.07) is 3.36. The smallest absolute Gasteiger partial charge is 0.126 e. The van der Waals surface area contributed by atoms with Gasteiger partial charge >= 0.3 is 0 Å². The Bertz CT molecular complexity index is 405. The van der Waals surface area contributed by atoms with E-state index in [1.807, 2.05) is 6.92 Å². The molecular weight excluding hydrogens is 253 g/mol. The molecule has 2 nitrogen and oxygen atoms in total. The highest BCUT2D eigenvalue weighted by atomic mass is 35.5. The second kappa shape index (κ2) is 6.39. The number of aryl methyl sites for hydroxylation is 1. The fourth-order valence-electron chi connectivity index (χ4n) is 1.83. The molecule has 0 aromatic heterocycles. The fraction of sp³-hybridized carbons (Fsp3) is 0.571. The van der Waals surface area contributed by atoms with Gasteiger partial charge in [0.2, 0.25) is 0 Å². The summed E-state index contributed by atoms with van der Waals surface area (Å²) in [7, 11) is 0. The van der Waals surface area contributed by atoms with Crippen LogP contribution < -0.4 is 10.5 Å². The number of hydrogen-bond donors (Lipinski definition) is 1. The molecule has 0 bridgehead atoms. The zero-order chi connectivity index (χ0) is 12.4. The van der Waals surface area contributed by atoms with Gasteiger partial charge in [-0.1, -0.05) is 0 Å². The van der Waals surface area contributed by atoms with E-state index in [-0.39, 0.29) is 24.3 Å². The molecule has 0 aliphatic heterocycles. The van der Waals surface area contributed by atoms with Crippen LogP contribution in [0.25, 0.3) is 0 Å². The molecule has 1 saturated carbocycles. The monoisotopic (exact) mass is 273 g/mol. The van der Waals surface area contributed by atoms with Crippen LogP contribution in [0.5, 0.6) is 5.75 Å². The van der Waals surface area contributed by atoms with Gasteiger partial charge in [0, 0.05) is 6.04 Å². The van der Waals surface area contributed by atoms with Crippen LogP contribution in [-0.4, -0.2) is 12.6 Å². The van der Waals surface area contributed by atoms with E-state index < -0.39 is 0 Å². The molecule has 1 fully saturated rings. The van der Waals surface area contributed by atoms with Gasteiger partial charge in [-0.3, -0.25) is 0 Å². The van der Waals surface area contributed by atoms with Crippen molar-refractivity contribution >= 4 is 12.4 Å². The number of benzene rings is 1. The molecule has 1 unspecified atom stereocenters. The van der Waals surface area contributed by atoms with E-state index in [4.69, 9.17) is 10.5 Å². The number of nitrogens with two attached hydrogens (primary N) is 1. The van der Waals surface area contributed by atoms with Crippen molar-refractivity contribution in [2.24, 2.45) is 11.7 Å². The maximum atomic E-state index is 13.5. The number of halogens is 2. The average Bonchev–Trinajstić information content (AvgIpc) is 3.04. The first-order chi connectivity index (χ1) is 8.06. The van der Waals surface area contributed by atoms with E-state index in [0.29, 0.717) is 17.9 Å². The normalized spacial score (nSPS) is 16.0. The van der Waals surface area contributed by atoms with Crippen molar-refractivity contribution < 1.29 is 9.13 Å². The van der Waals surface area contributed by atoms with Crippen LogP contribution in [0.4, 0.5) is 4.39 Å². The second-order valence-corrected chi connectivity index (χ2v) is 5.14. The van der Waals surface area contributed by atoms with Gasteiger partial charge in [-0.05, 0) is 62.3 Å². The lowest BCUT2D eigenvalue weighted by molar-refractivity contribution is 0.295. The molecule has 4 heteroatoms. The molecule has 0 radical (unpaired) electrons. The fourth-order valence-corrected chi connectivity index (χ4v) is 1.83. The summed E-state index contributed by atoms with van der Waals surface area (Å²) in [5.74, 6) is 1.32. The molecule has 2 N–H and O–H groups in total. The van der Waals surface area contributed by atoms with Gasteiger partial charge < -0.3 is 10.5 Å². The van der Waals surface area contributed by atoms with Crippen LogP contribution >= 0.6 is 12.4 Å². The minimum atomic E-state index is -0.181. The summed E-state index contributed by atoms with van der Waals surface area (Å²) >= 11 is 0. The number of hydrogen-bond acceptors (Lipinski definition) is 2. The Morgan fingerprint density at radius 2 is 2.11 bits per heavy atom. The first kappa shape index (κ1) is 15.3. The Morgan fingerprint density at radius 1 is 1.44 bits per heavy atom. The first-order valence-corrected chi connectivity index (χ1v) is 6.23. The molecule has 1 atom stereocenters. The van der Waals surface area contributed by atoms with E-state index in [1.165, 1.54) is 12.8 Å². The Hall–Kier alpha value is -0.800. The van der Waals surface area contributed by atoms with Gasteiger partial charge in [0.1, 0.15) is 11.6 Å². The third kappa shape index (κ3) is 4.14. The molecule has 102 valence electrons. The maximum Gasteiger partial charge on any atom is 0.126 e. The quantitative estimate of drug-likeness (QED) is 0.894. The van der Waals surface area contributed by atoms with Crippen LogP contribution in [0.2, 0.25) is 0 Å². The summed E-state index contributed by atoms with van der Waals surface area (Å²) < 4.78 is 19.3. The van der Waals surface area contributed by atoms with Crippen molar-refractivity contribution in [1.82, 2.24) is 0 Å². The summed E-state index contributed by atoms with van der Waals surface area (Å²) in [5, 5.41) is 0. The summed E-state index contributed by atoms with van der Waals surface area (Å²) in [6.45, 7) is 4.43. The van der Waals surface area contributed by atoms with Crippen LogP contribution in [-0.2, 0) is 6.42 Å². The molecule has 2 rings (SSSR count). The lowest BCUT2D eigenvalue weighted by atomic mass is 10.0. The standard InChI is InChI=1S/C14H20FNO.ClH/c1-9-5-14(17-8-11-3-4-11)12(6-10(2)16)7-13(9)15;/h5,7,10-11H,3-4,6,8,16H2,1-2H3;1H. The predicted molar refractivity (Wildman–Crippen MR) is 74.0 cm³/mol. The van der Waals surface area contributed by atoms with Crippen LogP contribution in [0.3, 0.4) is 0 Å². The topological polar surface area (TPSA) is 35.2 Å². The largest absolute Gasteiger partial charge is 0.493 e. The van der Waals surface area contributed by atoms with E-state index in [1.54, 1.807) is 19.1 Å². The molecular formula is C14H21ClFNO. The highest BCUT2D eigenvalue weighted by Crippen LogP contribution is 2.31. The molecule has 1 aromatic carbocycles. The SMILES string of the molecule is Cc1cc(OCC2CC2)c(CC(C)N)cc1F.Cl. The highest BCUT2D eigenvalue weighted by Gasteiger charge is 2.22. The van der Waals surface area contributed by atoms with Crippen molar-refractivity contribution in [3.8, 4) is 5.75 Å². The minimum absolute atomic E-state index is 0. The first-order valence-electron chi connectivity index (χ1n) is 6.23. The Balaban J connectivity index is 0.00000162. The summed E-state index contributed by atoms with van der Waals surface area (Å²) in [4.78, 5) is 0. The number of rotatable bonds is 5. The molecule has 18 heavy (non-hydrogen) atoms. The molecule has 0 heterocycles. The Labute approximate surface area is 114 Å². The lowest BCUT2D eigenvalue weighted by Gasteiger charge is -2.14. The summed E-state index contributed by atoms with van der Waals surface area (Å²) in [6.07, 6.45) is 3.16. The Kier molecular flexibility index (Phi) is 5.42. The predicted octanol–water partition coefficient (Wildman–Crippen LogP) is 3.23. The van der Waals surface area contributed by atoms with E-state index in [0.717, 1.165) is 17.9 Å². The maximum absolute atomic E-state index is 13.5. The van der Waals surface area contributed by atoms with Crippen LogP contribution in [0, 0.1) is 18.7 Å². The van der Waals surface area contributed by atoms with E-state index in [9.17, 15) is 4.39 Å². The van der Waals surface area contributed by atoms with E-state index in [2.05, 4.69) is 0 Å². The third-order valence-electron chi connectivity index (χ3n) is 3.06. The number of ether oxygens (including phenoxy) is 1. The molecule has 1 aliphatic rings. The minimum Gasteiger partial charge on any atom is -0.493 e. The second-order valence-electron chi connectivity index (χ2n) is 5.14. The van der Waals surface area contributed by atoms with Gasteiger partial charge in [-0.25, -0.2) is 4.39 Å². The molecule has 1 aliphatic carbocycles. The lowest BCUT2D eigenvalue weighted by Crippen LogP contribution is -2.18.